The lowest BCUT2D eigenvalue weighted by atomic mass is 9.78. The standard InChI is InChI=1S/C17H23N3O/c18-16-13-8-7-12(10-14(13)19-17(16)21)20-9-3-5-11-4-1-2-6-15(11)20/h7-8,10-11,15-16H,1-6,9,18H2,(H,19,21). The average Bonchev–Trinajstić information content (AvgIpc) is 2.81. The van der Waals surface area contributed by atoms with Crippen molar-refractivity contribution in [3.8, 4) is 0 Å². The molecular weight excluding hydrogens is 262 g/mol. The van der Waals surface area contributed by atoms with E-state index in [0.717, 1.165) is 23.7 Å². The molecule has 0 radical (unpaired) electrons. The van der Waals surface area contributed by atoms with Crippen LogP contribution in [0.15, 0.2) is 18.2 Å². The Morgan fingerprint density at radius 2 is 1.95 bits per heavy atom. The number of piperidine rings is 1. The van der Waals surface area contributed by atoms with Gasteiger partial charge in [0.2, 0.25) is 5.91 Å². The van der Waals surface area contributed by atoms with E-state index in [4.69, 9.17) is 5.73 Å². The van der Waals surface area contributed by atoms with E-state index < -0.39 is 6.04 Å². The molecule has 3 unspecified atom stereocenters. The van der Waals surface area contributed by atoms with Crippen LogP contribution in [0.5, 0.6) is 0 Å². The Bertz CT molecular complexity index is 569. The molecule has 4 nitrogen and oxygen atoms in total. The first-order valence-corrected chi connectivity index (χ1v) is 8.21. The number of amides is 1. The lowest BCUT2D eigenvalue weighted by molar-refractivity contribution is -0.116. The fraction of sp³-hybridized carbons (Fsp3) is 0.588. The molecule has 2 heterocycles. The summed E-state index contributed by atoms with van der Waals surface area (Å²) < 4.78 is 0. The summed E-state index contributed by atoms with van der Waals surface area (Å²) in [4.78, 5) is 14.3. The van der Waals surface area contributed by atoms with Crippen LogP contribution in [0.3, 0.4) is 0 Å². The van der Waals surface area contributed by atoms with Gasteiger partial charge in [0.15, 0.2) is 0 Å². The highest BCUT2D eigenvalue weighted by molar-refractivity contribution is 6.03. The van der Waals surface area contributed by atoms with Crippen molar-refractivity contribution in [2.75, 3.05) is 16.8 Å². The first-order valence-electron chi connectivity index (χ1n) is 8.21. The van der Waals surface area contributed by atoms with E-state index in [0.29, 0.717) is 6.04 Å². The Balaban J connectivity index is 1.64. The predicted octanol–water partition coefficient (Wildman–Crippen LogP) is 2.80. The number of benzene rings is 1. The quantitative estimate of drug-likeness (QED) is 0.834. The van der Waals surface area contributed by atoms with Gasteiger partial charge in [0, 0.05) is 29.5 Å². The van der Waals surface area contributed by atoms with Crippen molar-refractivity contribution < 1.29 is 4.79 Å². The summed E-state index contributed by atoms with van der Waals surface area (Å²) in [5.41, 5.74) is 8.99. The molecule has 112 valence electrons. The zero-order chi connectivity index (χ0) is 14.4. The second-order valence-corrected chi connectivity index (χ2v) is 6.69. The smallest absolute Gasteiger partial charge is 0.245 e. The molecule has 2 aliphatic heterocycles. The number of rotatable bonds is 1. The first-order chi connectivity index (χ1) is 10.2. The molecule has 3 N–H and O–H groups in total. The van der Waals surface area contributed by atoms with Gasteiger partial charge in [-0.25, -0.2) is 0 Å². The molecule has 3 aliphatic rings. The third-order valence-corrected chi connectivity index (χ3v) is 5.49. The van der Waals surface area contributed by atoms with Gasteiger partial charge in [-0.05, 0) is 43.7 Å². The van der Waals surface area contributed by atoms with Crippen molar-refractivity contribution in [1.82, 2.24) is 0 Å². The van der Waals surface area contributed by atoms with Crippen molar-refractivity contribution in [2.24, 2.45) is 11.7 Å². The van der Waals surface area contributed by atoms with Crippen molar-refractivity contribution >= 4 is 17.3 Å². The lowest BCUT2D eigenvalue weighted by Crippen LogP contribution is -2.46. The summed E-state index contributed by atoms with van der Waals surface area (Å²) in [5.74, 6) is 0.772. The summed E-state index contributed by atoms with van der Waals surface area (Å²) in [6.45, 7) is 1.14. The third-order valence-electron chi connectivity index (χ3n) is 5.49. The second-order valence-electron chi connectivity index (χ2n) is 6.69. The largest absolute Gasteiger partial charge is 0.368 e. The number of carbonyl (C=O) groups is 1. The Hall–Kier alpha value is -1.55. The number of fused-ring (bicyclic) bond motifs is 2. The number of carbonyl (C=O) groups excluding carboxylic acids is 1. The molecule has 0 aromatic heterocycles. The molecule has 1 saturated carbocycles. The average molecular weight is 285 g/mol. The van der Waals surface area contributed by atoms with Crippen LogP contribution in [-0.4, -0.2) is 18.5 Å². The minimum absolute atomic E-state index is 0.0867. The van der Waals surface area contributed by atoms with Gasteiger partial charge >= 0.3 is 0 Å². The Labute approximate surface area is 125 Å². The fourth-order valence-corrected chi connectivity index (χ4v) is 4.40. The highest BCUT2D eigenvalue weighted by Gasteiger charge is 2.34. The van der Waals surface area contributed by atoms with Crippen LogP contribution in [0.1, 0.15) is 50.1 Å². The number of hydrogen-bond donors (Lipinski definition) is 2. The van der Waals surface area contributed by atoms with Gasteiger partial charge in [-0.3, -0.25) is 4.79 Å². The number of nitrogens with two attached hydrogens (primary N) is 1. The molecule has 1 amide bonds. The van der Waals surface area contributed by atoms with Gasteiger partial charge in [-0.15, -0.1) is 0 Å². The second kappa shape index (κ2) is 5.02. The normalized spacial score (nSPS) is 31.6. The van der Waals surface area contributed by atoms with E-state index in [1.165, 1.54) is 44.2 Å². The minimum atomic E-state index is -0.502. The Morgan fingerprint density at radius 3 is 2.86 bits per heavy atom. The Kier molecular flexibility index (Phi) is 3.14. The van der Waals surface area contributed by atoms with Crippen LogP contribution >= 0.6 is 0 Å². The molecule has 3 atom stereocenters. The first kappa shape index (κ1) is 13.1. The van der Waals surface area contributed by atoms with Crippen LogP contribution in [0, 0.1) is 5.92 Å². The summed E-state index contributed by atoms with van der Waals surface area (Å²) >= 11 is 0. The summed E-state index contributed by atoms with van der Waals surface area (Å²) in [5, 5.41) is 2.91. The topological polar surface area (TPSA) is 58.4 Å². The SMILES string of the molecule is NC1C(=O)Nc2cc(N3CCCC4CCCCC43)ccc21. The summed E-state index contributed by atoms with van der Waals surface area (Å²) in [6.07, 6.45) is 8.10. The zero-order valence-electron chi connectivity index (χ0n) is 12.3. The number of anilines is 2. The fourth-order valence-electron chi connectivity index (χ4n) is 4.40. The van der Waals surface area contributed by atoms with Crippen LogP contribution in [-0.2, 0) is 4.79 Å². The van der Waals surface area contributed by atoms with E-state index in [9.17, 15) is 4.79 Å². The van der Waals surface area contributed by atoms with Crippen LogP contribution in [0.25, 0.3) is 0 Å². The van der Waals surface area contributed by atoms with Crippen LogP contribution in [0.4, 0.5) is 11.4 Å². The molecule has 4 rings (SSSR count). The van der Waals surface area contributed by atoms with E-state index in [1.807, 2.05) is 6.07 Å². The number of nitrogens with one attached hydrogen (secondary N) is 1. The van der Waals surface area contributed by atoms with Crippen molar-refractivity contribution in [3.63, 3.8) is 0 Å². The maximum absolute atomic E-state index is 11.7. The van der Waals surface area contributed by atoms with Gasteiger partial charge in [-0.1, -0.05) is 18.9 Å². The summed E-state index contributed by atoms with van der Waals surface area (Å²) in [6, 6.07) is 6.49. The third kappa shape index (κ3) is 2.13. The Morgan fingerprint density at radius 1 is 1.14 bits per heavy atom. The van der Waals surface area contributed by atoms with E-state index in [-0.39, 0.29) is 5.91 Å². The predicted molar refractivity (Wildman–Crippen MR) is 84.3 cm³/mol. The highest BCUT2D eigenvalue weighted by atomic mass is 16.2. The van der Waals surface area contributed by atoms with E-state index >= 15 is 0 Å². The number of nitrogens with zero attached hydrogens (tertiary/aromatic N) is 1. The van der Waals surface area contributed by atoms with Gasteiger partial charge in [0.1, 0.15) is 6.04 Å². The van der Waals surface area contributed by atoms with Gasteiger partial charge < -0.3 is 16.0 Å². The van der Waals surface area contributed by atoms with Gasteiger partial charge in [-0.2, -0.15) is 0 Å². The molecule has 2 fully saturated rings. The maximum atomic E-state index is 11.7. The molecule has 1 aromatic rings. The van der Waals surface area contributed by atoms with E-state index in [1.54, 1.807) is 0 Å². The van der Waals surface area contributed by atoms with E-state index in [2.05, 4.69) is 22.3 Å². The van der Waals surface area contributed by atoms with Gasteiger partial charge in [0.25, 0.3) is 0 Å². The monoisotopic (exact) mass is 285 g/mol. The molecule has 0 bridgehead atoms. The van der Waals surface area contributed by atoms with Crippen molar-refractivity contribution in [3.05, 3.63) is 23.8 Å². The number of hydrogen-bond acceptors (Lipinski definition) is 3. The molecule has 1 saturated heterocycles. The molecule has 1 aliphatic carbocycles. The minimum Gasteiger partial charge on any atom is -0.368 e. The van der Waals surface area contributed by atoms with Crippen LogP contribution in [0.2, 0.25) is 0 Å². The molecule has 0 spiro atoms. The highest BCUT2D eigenvalue weighted by Crippen LogP contribution is 2.40. The zero-order valence-corrected chi connectivity index (χ0v) is 12.3. The maximum Gasteiger partial charge on any atom is 0.245 e. The molecule has 1 aromatic carbocycles. The van der Waals surface area contributed by atoms with Crippen molar-refractivity contribution in [2.45, 2.75) is 50.6 Å². The van der Waals surface area contributed by atoms with Crippen LogP contribution < -0.4 is 16.0 Å². The molecular formula is C17H23N3O. The summed E-state index contributed by atoms with van der Waals surface area (Å²) in [7, 11) is 0. The van der Waals surface area contributed by atoms with Crippen molar-refractivity contribution in [1.29, 1.82) is 0 Å². The lowest BCUT2D eigenvalue weighted by Gasteiger charge is -2.45. The molecule has 21 heavy (non-hydrogen) atoms. The van der Waals surface area contributed by atoms with Gasteiger partial charge in [0.05, 0.1) is 0 Å². The molecule has 4 heteroatoms.